The highest BCUT2D eigenvalue weighted by molar-refractivity contribution is 5.63. The number of anilines is 2. The smallest absolute Gasteiger partial charge is 0.254 e. The predicted molar refractivity (Wildman–Crippen MR) is 81.8 cm³/mol. The third-order valence-electron chi connectivity index (χ3n) is 4.14. The molecular formula is C16H16FN5. The van der Waals surface area contributed by atoms with Crippen LogP contribution in [-0.4, -0.2) is 19.6 Å². The Kier molecular flexibility index (Phi) is 3.03. The third-order valence-corrected chi connectivity index (χ3v) is 4.14. The summed E-state index contributed by atoms with van der Waals surface area (Å²) in [6.07, 6.45) is 5.67. The molecular weight excluding hydrogens is 281 g/mol. The van der Waals surface area contributed by atoms with E-state index >= 15 is 0 Å². The lowest BCUT2D eigenvalue weighted by Crippen LogP contribution is -2.13. The molecule has 1 aliphatic carbocycles. The number of rotatable bonds is 2. The Bertz CT molecular complexity index is 855. The van der Waals surface area contributed by atoms with E-state index in [1.807, 2.05) is 6.07 Å². The van der Waals surface area contributed by atoms with Crippen LogP contribution in [0.15, 0.2) is 24.5 Å². The topological polar surface area (TPSA) is 55.1 Å². The summed E-state index contributed by atoms with van der Waals surface area (Å²) < 4.78 is 15.5. The van der Waals surface area contributed by atoms with Crippen molar-refractivity contribution in [2.45, 2.75) is 32.6 Å². The fraction of sp³-hybridized carbons (Fsp3) is 0.312. The van der Waals surface area contributed by atoms with Crippen LogP contribution in [0.1, 0.15) is 29.7 Å². The molecule has 5 nitrogen and oxygen atoms in total. The molecule has 0 amide bonds. The second kappa shape index (κ2) is 5.05. The van der Waals surface area contributed by atoms with Gasteiger partial charge in [-0.25, -0.2) is 9.37 Å². The summed E-state index contributed by atoms with van der Waals surface area (Å²) in [7, 11) is 0. The predicted octanol–water partition coefficient (Wildman–Crippen LogP) is 3.19. The molecule has 0 fully saturated rings. The van der Waals surface area contributed by atoms with Crippen molar-refractivity contribution in [3.63, 3.8) is 0 Å². The van der Waals surface area contributed by atoms with Crippen molar-refractivity contribution in [3.05, 3.63) is 47.2 Å². The minimum Gasteiger partial charge on any atom is -0.340 e. The molecule has 0 saturated carbocycles. The molecule has 6 heteroatoms. The van der Waals surface area contributed by atoms with Gasteiger partial charge in [0.05, 0.1) is 5.69 Å². The van der Waals surface area contributed by atoms with Gasteiger partial charge >= 0.3 is 0 Å². The van der Waals surface area contributed by atoms with Crippen LogP contribution in [0.25, 0.3) is 5.78 Å². The summed E-state index contributed by atoms with van der Waals surface area (Å²) >= 11 is 0. The maximum absolute atomic E-state index is 13.8. The van der Waals surface area contributed by atoms with E-state index < -0.39 is 0 Å². The lowest BCUT2D eigenvalue weighted by molar-refractivity contribution is 0.619. The van der Waals surface area contributed by atoms with E-state index in [1.54, 1.807) is 17.5 Å². The first-order valence-electron chi connectivity index (χ1n) is 7.47. The van der Waals surface area contributed by atoms with E-state index in [2.05, 4.69) is 20.4 Å². The first-order chi connectivity index (χ1) is 10.7. The van der Waals surface area contributed by atoms with E-state index in [9.17, 15) is 4.39 Å². The molecule has 0 bridgehead atoms. The summed E-state index contributed by atoms with van der Waals surface area (Å²) in [5.41, 5.74) is 3.57. The van der Waals surface area contributed by atoms with Crippen LogP contribution in [-0.2, 0) is 12.8 Å². The molecule has 3 aromatic rings. The normalized spacial score (nSPS) is 14.1. The number of hydrogen-bond acceptors (Lipinski definition) is 4. The SMILES string of the molecule is Cc1ccc(Nc2c3c(nc4ncnn24)CCCC3)cc1F. The van der Waals surface area contributed by atoms with Crippen LogP contribution < -0.4 is 5.32 Å². The zero-order valence-corrected chi connectivity index (χ0v) is 12.3. The average Bonchev–Trinajstić information content (AvgIpc) is 2.99. The number of benzene rings is 1. The number of aromatic nitrogens is 4. The highest BCUT2D eigenvalue weighted by atomic mass is 19.1. The Morgan fingerprint density at radius 2 is 2.09 bits per heavy atom. The summed E-state index contributed by atoms with van der Waals surface area (Å²) in [5.74, 6) is 1.21. The van der Waals surface area contributed by atoms with Crippen LogP contribution in [0, 0.1) is 12.7 Å². The fourth-order valence-electron chi connectivity index (χ4n) is 2.92. The first kappa shape index (κ1) is 13.2. The van der Waals surface area contributed by atoms with Crippen LogP contribution in [0.4, 0.5) is 15.9 Å². The molecule has 0 spiro atoms. The Morgan fingerprint density at radius 1 is 1.23 bits per heavy atom. The molecule has 2 aromatic heterocycles. The van der Waals surface area contributed by atoms with E-state index in [0.717, 1.165) is 42.8 Å². The lowest BCUT2D eigenvalue weighted by atomic mass is 9.96. The van der Waals surface area contributed by atoms with E-state index in [1.165, 1.54) is 12.4 Å². The number of halogens is 1. The average molecular weight is 297 g/mol. The molecule has 1 aliphatic rings. The molecule has 0 atom stereocenters. The lowest BCUT2D eigenvalue weighted by Gasteiger charge is -2.20. The van der Waals surface area contributed by atoms with Gasteiger partial charge in [0, 0.05) is 11.3 Å². The number of nitrogens with one attached hydrogen (secondary N) is 1. The highest BCUT2D eigenvalue weighted by Crippen LogP contribution is 2.29. The number of aryl methyl sites for hydroxylation is 2. The number of fused-ring (bicyclic) bond motifs is 2. The monoisotopic (exact) mass is 297 g/mol. The minimum absolute atomic E-state index is 0.220. The summed E-state index contributed by atoms with van der Waals surface area (Å²) in [6, 6.07) is 5.15. The van der Waals surface area contributed by atoms with Gasteiger partial charge in [-0.1, -0.05) is 6.07 Å². The molecule has 112 valence electrons. The molecule has 22 heavy (non-hydrogen) atoms. The largest absolute Gasteiger partial charge is 0.340 e. The van der Waals surface area contributed by atoms with Gasteiger partial charge in [0.1, 0.15) is 18.0 Å². The van der Waals surface area contributed by atoms with Gasteiger partial charge in [0.15, 0.2) is 0 Å². The molecule has 0 unspecified atom stereocenters. The van der Waals surface area contributed by atoms with Gasteiger partial charge in [-0.3, -0.25) is 0 Å². The van der Waals surface area contributed by atoms with Crippen LogP contribution in [0.2, 0.25) is 0 Å². The first-order valence-corrected chi connectivity index (χ1v) is 7.47. The van der Waals surface area contributed by atoms with Crippen molar-refractivity contribution < 1.29 is 4.39 Å². The molecule has 0 radical (unpaired) electrons. The van der Waals surface area contributed by atoms with Gasteiger partial charge in [0.2, 0.25) is 0 Å². The van der Waals surface area contributed by atoms with Gasteiger partial charge in [-0.05, 0) is 50.3 Å². The van der Waals surface area contributed by atoms with Crippen molar-refractivity contribution in [3.8, 4) is 0 Å². The van der Waals surface area contributed by atoms with Gasteiger partial charge in [0.25, 0.3) is 5.78 Å². The van der Waals surface area contributed by atoms with E-state index in [-0.39, 0.29) is 5.82 Å². The molecule has 0 saturated heterocycles. The summed E-state index contributed by atoms with van der Waals surface area (Å²) in [5, 5.41) is 7.56. The van der Waals surface area contributed by atoms with Crippen LogP contribution in [0.5, 0.6) is 0 Å². The van der Waals surface area contributed by atoms with Gasteiger partial charge in [-0.2, -0.15) is 14.6 Å². The van der Waals surface area contributed by atoms with E-state index in [4.69, 9.17) is 0 Å². The second-order valence-corrected chi connectivity index (χ2v) is 5.65. The summed E-state index contributed by atoms with van der Waals surface area (Å²) in [6.45, 7) is 1.75. The molecule has 1 aromatic carbocycles. The molecule has 4 rings (SSSR count). The zero-order valence-electron chi connectivity index (χ0n) is 12.3. The second-order valence-electron chi connectivity index (χ2n) is 5.65. The number of nitrogens with zero attached hydrogens (tertiary/aromatic N) is 4. The fourth-order valence-corrected chi connectivity index (χ4v) is 2.92. The Hall–Kier alpha value is -2.50. The van der Waals surface area contributed by atoms with Crippen molar-refractivity contribution in [2.75, 3.05) is 5.32 Å². The third kappa shape index (κ3) is 2.11. The Balaban J connectivity index is 1.85. The van der Waals surface area contributed by atoms with Crippen molar-refractivity contribution in [1.82, 2.24) is 19.6 Å². The summed E-state index contributed by atoms with van der Waals surface area (Å²) in [4.78, 5) is 8.77. The van der Waals surface area contributed by atoms with Gasteiger partial charge in [-0.15, -0.1) is 0 Å². The molecule has 1 N–H and O–H groups in total. The van der Waals surface area contributed by atoms with Gasteiger partial charge < -0.3 is 5.32 Å². The highest BCUT2D eigenvalue weighted by Gasteiger charge is 2.19. The van der Waals surface area contributed by atoms with Crippen LogP contribution >= 0.6 is 0 Å². The quantitative estimate of drug-likeness (QED) is 0.789. The van der Waals surface area contributed by atoms with Crippen molar-refractivity contribution in [1.29, 1.82) is 0 Å². The standard InChI is InChI=1S/C16H16FN5/c1-10-6-7-11(8-13(10)17)20-15-12-4-2-3-5-14(12)21-16-18-9-19-22(15)16/h6-9,20H,2-5H2,1H3. The maximum Gasteiger partial charge on any atom is 0.254 e. The van der Waals surface area contributed by atoms with E-state index in [0.29, 0.717) is 17.0 Å². The van der Waals surface area contributed by atoms with Crippen molar-refractivity contribution in [2.24, 2.45) is 0 Å². The molecule has 0 aliphatic heterocycles. The zero-order chi connectivity index (χ0) is 15.1. The molecule has 2 heterocycles. The van der Waals surface area contributed by atoms with Crippen molar-refractivity contribution >= 4 is 17.3 Å². The number of hydrogen-bond donors (Lipinski definition) is 1. The minimum atomic E-state index is -0.220. The Morgan fingerprint density at radius 3 is 2.95 bits per heavy atom. The Labute approximate surface area is 127 Å². The van der Waals surface area contributed by atoms with Crippen LogP contribution in [0.3, 0.4) is 0 Å². The maximum atomic E-state index is 13.8.